The molecule has 0 atom stereocenters. The maximum absolute atomic E-state index is 12.3. The fraction of sp³-hybridized carbons (Fsp3) is 0.421. The zero-order chi connectivity index (χ0) is 19.1. The fourth-order valence-corrected chi connectivity index (χ4v) is 2.27. The Labute approximate surface area is 153 Å². The first-order chi connectivity index (χ1) is 12.4. The molecule has 2 aromatic rings. The second kappa shape index (κ2) is 9.03. The number of hydrogen-bond acceptors (Lipinski definition) is 4. The molecule has 2 rings (SSSR count). The van der Waals surface area contributed by atoms with Gasteiger partial charge in [-0.2, -0.15) is 5.10 Å². The highest BCUT2D eigenvalue weighted by molar-refractivity contribution is 6.02. The third-order valence-electron chi connectivity index (χ3n) is 3.70. The minimum absolute atomic E-state index is 0.144. The molecule has 0 spiro atoms. The van der Waals surface area contributed by atoms with Gasteiger partial charge in [0.25, 0.3) is 11.8 Å². The van der Waals surface area contributed by atoms with Crippen molar-refractivity contribution in [1.82, 2.24) is 15.1 Å². The van der Waals surface area contributed by atoms with Crippen LogP contribution in [-0.4, -0.2) is 34.7 Å². The number of carbonyl (C=O) groups is 2. The normalized spacial score (nSPS) is 10.7. The van der Waals surface area contributed by atoms with Crippen LogP contribution in [0.4, 0.5) is 5.69 Å². The summed E-state index contributed by atoms with van der Waals surface area (Å²) < 4.78 is 7.16. The van der Waals surface area contributed by atoms with Crippen molar-refractivity contribution < 1.29 is 14.3 Å². The number of rotatable bonds is 8. The van der Waals surface area contributed by atoms with Crippen molar-refractivity contribution in [3.8, 4) is 5.75 Å². The molecule has 0 saturated heterocycles. The van der Waals surface area contributed by atoms with Gasteiger partial charge in [-0.25, -0.2) is 0 Å². The summed E-state index contributed by atoms with van der Waals surface area (Å²) in [6.45, 7) is 8.84. The molecule has 0 unspecified atom stereocenters. The maximum Gasteiger partial charge on any atom is 0.273 e. The first kappa shape index (κ1) is 19.5. The maximum atomic E-state index is 12.3. The number of aryl methyl sites for hydroxylation is 2. The SMILES string of the molecule is CCn1cc(NC(=O)COc2ccccc2C)c(C(=O)NCC(C)C)n1. The molecule has 1 aromatic carbocycles. The Kier molecular flexibility index (Phi) is 6.77. The van der Waals surface area contributed by atoms with E-state index in [1.54, 1.807) is 10.9 Å². The number of hydrogen-bond donors (Lipinski definition) is 2. The molecule has 1 heterocycles. The topological polar surface area (TPSA) is 85.2 Å². The van der Waals surface area contributed by atoms with E-state index in [0.29, 0.717) is 30.4 Å². The van der Waals surface area contributed by atoms with E-state index < -0.39 is 0 Å². The minimum atomic E-state index is -0.346. The molecule has 2 N–H and O–H groups in total. The summed E-state index contributed by atoms with van der Waals surface area (Å²) in [7, 11) is 0. The number of anilines is 1. The van der Waals surface area contributed by atoms with Crippen LogP contribution in [0.1, 0.15) is 36.8 Å². The fourth-order valence-electron chi connectivity index (χ4n) is 2.27. The smallest absolute Gasteiger partial charge is 0.273 e. The Morgan fingerprint density at radius 2 is 2.00 bits per heavy atom. The number of aromatic nitrogens is 2. The number of carbonyl (C=O) groups excluding carboxylic acids is 2. The van der Waals surface area contributed by atoms with Gasteiger partial charge in [0.15, 0.2) is 12.3 Å². The van der Waals surface area contributed by atoms with E-state index in [1.807, 2.05) is 52.0 Å². The van der Waals surface area contributed by atoms with E-state index in [9.17, 15) is 9.59 Å². The van der Waals surface area contributed by atoms with Crippen molar-refractivity contribution >= 4 is 17.5 Å². The lowest BCUT2D eigenvalue weighted by Gasteiger charge is -2.10. The molecule has 140 valence electrons. The summed E-state index contributed by atoms with van der Waals surface area (Å²) in [6, 6.07) is 7.48. The summed E-state index contributed by atoms with van der Waals surface area (Å²) >= 11 is 0. The molecule has 0 saturated carbocycles. The van der Waals surface area contributed by atoms with Gasteiger partial charge >= 0.3 is 0 Å². The molecule has 2 amide bonds. The number of nitrogens with zero attached hydrogens (tertiary/aromatic N) is 2. The van der Waals surface area contributed by atoms with E-state index in [-0.39, 0.29) is 24.1 Å². The van der Waals surface area contributed by atoms with Gasteiger partial charge in [0.05, 0.1) is 5.69 Å². The highest BCUT2D eigenvalue weighted by atomic mass is 16.5. The Balaban J connectivity index is 2.03. The number of nitrogens with one attached hydrogen (secondary N) is 2. The van der Waals surface area contributed by atoms with Crippen molar-refractivity contribution in [3.05, 3.63) is 41.7 Å². The second-order valence-corrected chi connectivity index (χ2v) is 6.45. The Hall–Kier alpha value is -2.83. The minimum Gasteiger partial charge on any atom is -0.483 e. The predicted octanol–water partition coefficient (Wildman–Crippen LogP) is 2.61. The monoisotopic (exact) mass is 358 g/mol. The van der Waals surface area contributed by atoms with Crippen molar-refractivity contribution in [3.63, 3.8) is 0 Å². The van der Waals surface area contributed by atoms with Crippen molar-refractivity contribution in [2.45, 2.75) is 34.2 Å². The molecular formula is C19H26N4O3. The molecule has 0 fully saturated rings. The van der Waals surface area contributed by atoms with Crippen LogP contribution in [-0.2, 0) is 11.3 Å². The van der Waals surface area contributed by atoms with Crippen LogP contribution in [0.15, 0.2) is 30.5 Å². The highest BCUT2D eigenvalue weighted by Gasteiger charge is 2.19. The number of ether oxygens (including phenoxy) is 1. The van der Waals surface area contributed by atoms with Gasteiger partial charge in [-0.3, -0.25) is 14.3 Å². The lowest BCUT2D eigenvalue weighted by Crippen LogP contribution is -2.29. The van der Waals surface area contributed by atoms with Crippen LogP contribution in [0.3, 0.4) is 0 Å². The highest BCUT2D eigenvalue weighted by Crippen LogP contribution is 2.17. The molecule has 0 radical (unpaired) electrons. The lowest BCUT2D eigenvalue weighted by atomic mass is 10.2. The van der Waals surface area contributed by atoms with Gasteiger partial charge in [-0.05, 0) is 31.4 Å². The average Bonchev–Trinajstić information content (AvgIpc) is 3.02. The summed E-state index contributed by atoms with van der Waals surface area (Å²) in [5.74, 6) is 0.331. The molecule has 1 aromatic heterocycles. The van der Waals surface area contributed by atoms with Gasteiger partial charge in [0, 0.05) is 19.3 Å². The van der Waals surface area contributed by atoms with Gasteiger partial charge in [-0.15, -0.1) is 0 Å². The standard InChI is InChI=1S/C19H26N4O3/c1-5-23-11-15(18(22-23)19(25)20-10-13(2)3)21-17(24)12-26-16-9-7-6-8-14(16)4/h6-9,11,13H,5,10,12H2,1-4H3,(H,20,25)(H,21,24). The van der Waals surface area contributed by atoms with Crippen LogP contribution in [0.5, 0.6) is 5.75 Å². The first-order valence-electron chi connectivity index (χ1n) is 8.74. The predicted molar refractivity (Wildman–Crippen MR) is 100 cm³/mol. The van der Waals surface area contributed by atoms with Crippen molar-refractivity contribution in [1.29, 1.82) is 0 Å². The van der Waals surface area contributed by atoms with E-state index in [4.69, 9.17) is 4.74 Å². The Morgan fingerprint density at radius 1 is 1.27 bits per heavy atom. The number of para-hydroxylation sites is 1. The zero-order valence-corrected chi connectivity index (χ0v) is 15.7. The quantitative estimate of drug-likeness (QED) is 0.760. The van der Waals surface area contributed by atoms with E-state index in [2.05, 4.69) is 15.7 Å². The van der Waals surface area contributed by atoms with Crippen LogP contribution in [0.2, 0.25) is 0 Å². The van der Waals surface area contributed by atoms with E-state index >= 15 is 0 Å². The molecular weight excluding hydrogens is 332 g/mol. The molecule has 0 bridgehead atoms. The summed E-state index contributed by atoms with van der Waals surface area (Å²) in [4.78, 5) is 24.6. The van der Waals surface area contributed by atoms with Gasteiger partial charge in [-0.1, -0.05) is 32.0 Å². The largest absolute Gasteiger partial charge is 0.483 e. The van der Waals surface area contributed by atoms with Gasteiger partial charge in [0.2, 0.25) is 0 Å². The third-order valence-corrected chi connectivity index (χ3v) is 3.70. The third kappa shape index (κ3) is 5.34. The first-order valence-corrected chi connectivity index (χ1v) is 8.74. The van der Waals surface area contributed by atoms with E-state index in [1.165, 1.54) is 0 Å². The van der Waals surface area contributed by atoms with E-state index in [0.717, 1.165) is 5.56 Å². The van der Waals surface area contributed by atoms with Crippen LogP contribution in [0, 0.1) is 12.8 Å². The average molecular weight is 358 g/mol. The van der Waals surface area contributed by atoms with Gasteiger partial charge < -0.3 is 15.4 Å². The summed E-state index contributed by atoms with van der Waals surface area (Å²) in [6.07, 6.45) is 1.65. The molecule has 0 aliphatic heterocycles. The molecule has 0 aliphatic carbocycles. The van der Waals surface area contributed by atoms with Crippen molar-refractivity contribution in [2.75, 3.05) is 18.5 Å². The summed E-state index contributed by atoms with van der Waals surface area (Å²) in [5.41, 5.74) is 1.54. The van der Waals surface area contributed by atoms with Gasteiger partial charge in [0.1, 0.15) is 5.75 Å². The zero-order valence-electron chi connectivity index (χ0n) is 15.7. The number of benzene rings is 1. The van der Waals surface area contributed by atoms with Crippen LogP contribution >= 0.6 is 0 Å². The van der Waals surface area contributed by atoms with Crippen molar-refractivity contribution in [2.24, 2.45) is 5.92 Å². The molecule has 26 heavy (non-hydrogen) atoms. The second-order valence-electron chi connectivity index (χ2n) is 6.45. The molecule has 7 nitrogen and oxygen atoms in total. The Morgan fingerprint density at radius 3 is 2.65 bits per heavy atom. The summed E-state index contributed by atoms with van der Waals surface area (Å²) in [5, 5.41) is 9.77. The van der Waals surface area contributed by atoms with Crippen LogP contribution < -0.4 is 15.4 Å². The number of amides is 2. The van der Waals surface area contributed by atoms with Crippen LogP contribution in [0.25, 0.3) is 0 Å². The Bertz CT molecular complexity index is 768. The molecule has 7 heteroatoms. The molecule has 0 aliphatic rings. The lowest BCUT2D eigenvalue weighted by molar-refractivity contribution is -0.118.